The summed E-state index contributed by atoms with van der Waals surface area (Å²) in [6, 6.07) is 88.7. The van der Waals surface area contributed by atoms with Gasteiger partial charge in [-0.05, 0) is 158 Å². The van der Waals surface area contributed by atoms with E-state index in [-0.39, 0.29) is 0 Å². The average Bonchev–Trinajstić information content (AvgIpc) is 4.01. The second kappa shape index (κ2) is 14.2. The lowest BCUT2D eigenvalue weighted by molar-refractivity contribution is 0.672. The van der Waals surface area contributed by atoms with Gasteiger partial charge in [0, 0.05) is 39.2 Å². The van der Waals surface area contributed by atoms with Crippen molar-refractivity contribution in [2.75, 3.05) is 9.80 Å². The lowest BCUT2D eigenvalue weighted by Gasteiger charge is -2.31. The molecule has 66 heavy (non-hydrogen) atoms. The quantitative estimate of drug-likeness (QED) is 0.166. The second-order valence-corrected chi connectivity index (χ2v) is 17.6. The van der Waals surface area contributed by atoms with Gasteiger partial charge in [-0.2, -0.15) is 0 Å². The molecule has 1 aromatic heterocycles. The monoisotopic (exact) mass is 840 g/mol. The van der Waals surface area contributed by atoms with Gasteiger partial charge in [-0.3, -0.25) is 0 Å². The molecule has 0 saturated heterocycles. The first-order valence-corrected chi connectivity index (χ1v) is 22.7. The maximum atomic E-state index is 7.05. The average molecular weight is 841 g/mol. The van der Waals surface area contributed by atoms with Crippen molar-refractivity contribution in [3.63, 3.8) is 0 Å². The minimum atomic E-state index is -0.559. The Morgan fingerprint density at radius 1 is 0.303 bits per heavy atom. The predicted molar refractivity (Wildman–Crippen MR) is 274 cm³/mol. The van der Waals surface area contributed by atoms with Crippen LogP contribution in [0, 0.1) is 0 Å². The highest BCUT2D eigenvalue weighted by Crippen LogP contribution is 2.64. The van der Waals surface area contributed by atoms with Gasteiger partial charge in [0.15, 0.2) is 0 Å². The first kappa shape index (κ1) is 36.8. The topological polar surface area (TPSA) is 19.6 Å². The van der Waals surface area contributed by atoms with Crippen LogP contribution in [0.3, 0.4) is 0 Å². The Morgan fingerprint density at radius 3 is 1.41 bits per heavy atom. The van der Waals surface area contributed by atoms with Crippen LogP contribution < -0.4 is 9.80 Å². The zero-order valence-electron chi connectivity index (χ0n) is 35.9. The van der Waals surface area contributed by atoms with Crippen molar-refractivity contribution in [2.45, 2.75) is 5.41 Å². The highest BCUT2D eigenvalue weighted by Gasteiger charge is 2.52. The maximum Gasteiger partial charge on any atom is 0.145 e. The van der Waals surface area contributed by atoms with Crippen molar-refractivity contribution in [2.24, 2.45) is 0 Å². The molecule has 0 N–H and O–H groups in total. The molecule has 0 bridgehead atoms. The Morgan fingerprint density at radius 2 is 0.803 bits per heavy atom. The fraction of sp³-hybridized carbons (Fsp3) is 0.0159. The van der Waals surface area contributed by atoms with Gasteiger partial charge < -0.3 is 14.2 Å². The number of fused-ring (bicyclic) bond motifs is 16. The molecule has 2 aliphatic carbocycles. The summed E-state index contributed by atoms with van der Waals surface area (Å²) in [5.74, 6) is 0. The number of nitrogens with zero attached hydrogens (tertiary/aromatic N) is 2. The van der Waals surface area contributed by atoms with Gasteiger partial charge >= 0.3 is 0 Å². The summed E-state index contributed by atoms with van der Waals surface area (Å²) < 4.78 is 7.05. The molecular formula is C63H40N2O. The molecule has 11 aromatic carbocycles. The van der Waals surface area contributed by atoms with E-state index in [0.717, 1.165) is 66.8 Å². The summed E-state index contributed by atoms with van der Waals surface area (Å²) in [6.07, 6.45) is 0. The number of rotatable bonds is 6. The SMILES string of the molecule is c1ccc(N(c2ccccc2)c2ccc3cc4c(cc3c2)C2(c3ccccc3-c3ccccc32)c2cc3cc(N(c5ccccc5)c5ccccc5)c5c6ccccc6oc5c3cc2-4)cc1. The summed E-state index contributed by atoms with van der Waals surface area (Å²) in [5, 5.41) is 6.83. The van der Waals surface area contributed by atoms with E-state index in [4.69, 9.17) is 4.42 Å². The summed E-state index contributed by atoms with van der Waals surface area (Å²) in [7, 11) is 0. The Balaban J connectivity index is 1.08. The fourth-order valence-electron chi connectivity index (χ4n) is 11.5. The van der Waals surface area contributed by atoms with Crippen LogP contribution in [0.25, 0.3) is 65.7 Å². The molecule has 0 fully saturated rings. The van der Waals surface area contributed by atoms with Crippen molar-refractivity contribution in [3.05, 3.63) is 265 Å². The minimum Gasteiger partial charge on any atom is -0.455 e. The van der Waals surface area contributed by atoms with Crippen LogP contribution >= 0.6 is 0 Å². The molecule has 12 aromatic rings. The molecule has 3 heteroatoms. The first-order valence-electron chi connectivity index (χ1n) is 22.7. The lowest BCUT2D eigenvalue weighted by atomic mass is 9.70. The van der Waals surface area contributed by atoms with Crippen LogP contribution in [0.4, 0.5) is 34.1 Å². The molecule has 0 unspecified atom stereocenters. The van der Waals surface area contributed by atoms with Crippen LogP contribution in [0.2, 0.25) is 0 Å². The summed E-state index contributed by atoms with van der Waals surface area (Å²) >= 11 is 0. The maximum absolute atomic E-state index is 7.05. The number of benzene rings is 11. The Kier molecular flexibility index (Phi) is 7.90. The van der Waals surface area contributed by atoms with E-state index >= 15 is 0 Å². The van der Waals surface area contributed by atoms with Gasteiger partial charge in [-0.1, -0.05) is 146 Å². The molecule has 14 rings (SSSR count). The largest absolute Gasteiger partial charge is 0.455 e. The van der Waals surface area contributed by atoms with Gasteiger partial charge in [0.1, 0.15) is 11.2 Å². The third-order valence-corrected chi connectivity index (χ3v) is 14.1. The van der Waals surface area contributed by atoms with E-state index in [0.29, 0.717) is 0 Å². The van der Waals surface area contributed by atoms with Crippen LogP contribution in [-0.2, 0) is 5.41 Å². The molecule has 2 aliphatic rings. The Labute approximate surface area is 382 Å². The van der Waals surface area contributed by atoms with E-state index < -0.39 is 5.41 Å². The first-order chi connectivity index (χ1) is 32.7. The van der Waals surface area contributed by atoms with Gasteiger partial charge in [-0.25, -0.2) is 0 Å². The van der Waals surface area contributed by atoms with Crippen LogP contribution in [0.1, 0.15) is 22.3 Å². The summed E-state index contributed by atoms with van der Waals surface area (Å²) in [5.41, 5.74) is 18.1. The number of anilines is 6. The van der Waals surface area contributed by atoms with E-state index in [1.807, 2.05) is 0 Å². The Bertz CT molecular complexity index is 3750. The van der Waals surface area contributed by atoms with Crippen molar-refractivity contribution < 1.29 is 4.42 Å². The van der Waals surface area contributed by atoms with Gasteiger partial charge in [0.2, 0.25) is 0 Å². The van der Waals surface area contributed by atoms with Gasteiger partial charge in [-0.15, -0.1) is 0 Å². The standard InChI is InChI=1S/C63H40N2O/c1-5-19-44(20-6-1)64(45-21-7-2-8-22-45)48-34-33-41-36-53-54-40-52-43(38-58(54)63(57(53)37-42(41)35-48)55-30-16-13-27-49(55)50-28-14-17-31-56(50)63)39-59(61-51-29-15-18-32-60(51)66-62(52)61)65(46-23-9-3-10-24-46)47-25-11-4-12-26-47/h1-40H. The number of hydrogen-bond donors (Lipinski definition) is 0. The predicted octanol–water partition coefficient (Wildman–Crippen LogP) is 17.2. The van der Waals surface area contributed by atoms with Gasteiger partial charge in [0.05, 0.1) is 16.5 Å². The van der Waals surface area contributed by atoms with E-state index in [2.05, 4.69) is 252 Å². The normalized spacial score (nSPS) is 13.0. The summed E-state index contributed by atoms with van der Waals surface area (Å²) in [4.78, 5) is 4.74. The molecule has 0 radical (unpaired) electrons. The number of furan rings is 1. The zero-order valence-corrected chi connectivity index (χ0v) is 35.9. The summed E-state index contributed by atoms with van der Waals surface area (Å²) in [6.45, 7) is 0. The zero-order chi connectivity index (χ0) is 43.3. The Hall–Kier alpha value is -8.66. The van der Waals surface area contributed by atoms with E-state index in [9.17, 15) is 0 Å². The van der Waals surface area contributed by atoms with E-state index in [1.165, 1.54) is 55.3 Å². The van der Waals surface area contributed by atoms with Crippen LogP contribution in [-0.4, -0.2) is 0 Å². The third-order valence-electron chi connectivity index (χ3n) is 14.1. The lowest BCUT2D eigenvalue weighted by Crippen LogP contribution is -2.25. The van der Waals surface area contributed by atoms with Crippen molar-refractivity contribution in [3.8, 4) is 22.3 Å². The van der Waals surface area contributed by atoms with Crippen molar-refractivity contribution in [1.29, 1.82) is 0 Å². The van der Waals surface area contributed by atoms with Crippen LogP contribution in [0.15, 0.2) is 247 Å². The molecule has 3 nitrogen and oxygen atoms in total. The molecule has 0 saturated carbocycles. The molecule has 1 spiro atoms. The van der Waals surface area contributed by atoms with Crippen LogP contribution in [0.5, 0.6) is 0 Å². The molecule has 308 valence electrons. The molecule has 0 aliphatic heterocycles. The molecular weight excluding hydrogens is 801 g/mol. The van der Waals surface area contributed by atoms with Gasteiger partial charge in [0.25, 0.3) is 0 Å². The highest BCUT2D eigenvalue weighted by atomic mass is 16.3. The fourth-order valence-corrected chi connectivity index (χ4v) is 11.5. The molecule has 1 heterocycles. The minimum absolute atomic E-state index is 0.559. The van der Waals surface area contributed by atoms with Crippen molar-refractivity contribution in [1.82, 2.24) is 0 Å². The number of para-hydroxylation sites is 5. The number of hydrogen-bond acceptors (Lipinski definition) is 3. The molecule has 0 amide bonds. The van der Waals surface area contributed by atoms with E-state index in [1.54, 1.807) is 0 Å². The smallest absolute Gasteiger partial charge is 0.145 e. The highest BCUT2D eigenvalue weighted by molar-refractivity contribution is 6.23. The molecule has 0 atom stereocenters. The van der Waals surface area contributed by atoms with Crippen molar-refractivity contribution >= 4 is 77.6 Å². The second-order valence-electron chi connectivity index (χ2n) is 17.6. The third kappa shape index (κ3) is 5.20.